The van der Waals surface area contributed by atoms with E-state index in [1.165, 1.54) is 0 Å². The molecule has 0 unspecified atom stereocenters. The SMILES string of the molecule is CCNC(=O)c1ccc(CO)cc1. The normalized spacial score (nSPS) is 9.69. The van der Waals surface area contributed by atoms with E-state index in [0.29, 0.717) is 12.1 Å². The molecule has 1 rings (SSSR count). The van der Waals surface area contributed by atoms with Crippen LogP contribution in [0.15, 0.2) is 24.3 Å². The van der Waals surface area contributed by atoms with Crippen LogP contribution in [0.1, 0.15) is 22.8 Å². The van der Waals surface area contributed by atoms with Crippen LogP contribution in [-0.2, 0) is 6.61 Å². The molecule has 1 aromatic carbocycles. The Balaban J connectivity index is 2.74. The van der Waals surface area contributed by atoms with Crippen molar-refractivity contribution in [3.05, 3.63) is 35.4 Å². The molecule has 0 saturated heterocycles. The lowest BCUT2D eigenvalue weighted by atomic mass is 10.1. The van der Waals surface area contributed by atoms with Gasteiger partial charge in [-0.25, -0.2) is 0 Å². The first kappa shape index (κ1) is 9.74. The Morgan fingerprint density at radius 3 is 2.46 bits per heavy atom. The minimum Gasteiger partial charge on any atom is -0.392 e. The molecular weight excluding hydrogens is 166 g/mol. The minimum absolute atomic E-state index is 0.00960. The number of nitrogens with one attached hydrogen (secondary N) is 1. The Morgan fingerprint density at radius 1 is 1.38 bits per heavy atom. The fourth-order valence-corrected chi connectivity index (χ4v) is 1.02. The van der Waals surface area contributed by atoms with Crippen molar-refractivity contribution < 1.29 is 9.90 Å². The molecule has 70 valence electrons. The molecule has 0 fully saturated rings. The number of carbonyl (C=O) groups excluding carboxylic acids is 1. The minimum atomic E-state index is -0.0769. The summed E-state index contributed by atoms with van der Waals surface area (Å²) in [5, 5.41) is 11.5. The molecule has 0 aliphatic heterocycles. The van der Waals surface area contributed by atoms with Crippen molar-refractivity contribution in [2.45, 2.75) is 13.5 Å². The summed E-state index contributed by atoms with van der Waals surface area (Å²) in [7, 11) is 0. The maximum Gasteiger partial charge on any atom is 0.251 e. The highest BCUT2D eigenvalue weighted by atomic mass is 16.3. The van der Waals surface area contributed by atoms with Gasteiger partial charge >= 0.3 is 0 Å². The number of aliphatic hydroxyl groups is 1. The van der Waals surface area contributed by atoms with Crippen molar-refractivity contribution in [2.75, 3.05) is 6.54 Å². The van der Waals surface area contributed by atoms with Gasteiger partial charge in [0.1, 0.15) is 0 Å². The Labute approximate surface area is 77.4 Å². The van der Waals surface area contributed by atoms with Crippen molar-refractivity contribution in [3.63, 3.8) is 0 Å². The summed E-state index contributed by atoms with van der Waals surface area (Å²) in [6.07, 6.45) is 0. The molecule has 0 heterocycles. The summed E-state index contributed by atoms with van der Waals surface area (Å²) in [4.78, 5) is 11.3. The summed E-state index contributed by atoms with van der Waals surface area (Å²) in [5.74, 6) is -0.0769. The van der Waals surface area contributed by atoms with E-state index in [4.69, 9.17) is 5.11 Å². The van der Waals surface area contributed by atoms with Gasteiger partial charge in [0.15, 0.2) is 0 Å². The molecule has 3 nitrogen and oxygen atoms in total. The fourth-order valence-electron chi connectivity index (χ4n) is 1.02. The third kappa shape index (κ3) is 2.56. The van der Waals surface area contributed by atoms with Crippen molar-refractivity contribution in [2.24, 2.45) is 0 Å². The lowest BCUT2D eigenvalue weighted by Crippen LogP contribution is -2.22. The van der Waals surface area contributed by atoms with Gasteiger partial charge in [-0.15, -0.1) is 0 Å². The Hall–Kier alpha value is -1.35. The Bertz CT molecular complexity index is 279. The summed E-state index contributed by atoms with van der Waals surface area (Å²) >= 11 is 0. The zero-order valence-electron chi connectivity index (χ0n) is 7.58. The first-order valence-corrected chi connectivity index (χ1v) is 4.26. The third-order valence-electron chi connectivity index (χ3n) is 1.74. The Kier molecular flexibility index (Phi) is 3.46. The van der Waals surface area contributed by atoms with Gasteiger partial charge in [0.2, 0.25) is 0 Å². The Morgan fingerprint density at radius 2 is 2.00 bits per heavy atom. The van der Waals surface area contributed by atoms with E-state index in [1.807, 2.05) is 6.92 Å². The van der Waals surface area contributed by atoms with E-state index in [0.717, 1.165) is 5.56 Å². The van der Waals surface area contributed by atoms with E-state index >= 15 is 0 Å². The summed E-state index contributed by atoms with van der Waals surface area (Å²) in [6, 6.07) is 6.89. The van der Waals surface area contributed by atoms with Crippen LogP contribution in [0.2, 0.25) is 0 Å². The number of benzene rings is 1. The molecule has 0 aliphatic rings. The zero-order valence-corrected chi connectivity index (χ0v) is 7.58. The van der Waals surface area contributed by atoms with Gasteiger partial charge < -0.3 is 10.4 Å². The second-order valence-corrected chi connectivity index (χ2v) is 2.71. The van der Waals surface area contributed by atoms with Crippen LogP contribution in [0.25, 0.3) is 0 Å². The van der Waals surface area contributed by atoms with Crippen LogP contribution in [0.3, 0.4) is 0 Å². The number of rotatable bonds is 3. The van der Waals surface area contributed by atoms with Crippen molar-refractivity contribution >= 4 is 5.91 Å². The molecular formula is C10H13NO2. The number of hydrogen-bond donors (Lipinski definition) is 2. The predicted molar refractivity (Wildman–Crippen MR) is 50.4 cm³/mol. The molecule has 0 aromatic heterocycles. The van der Waals surface area contributed by atoms with Crippen LogP contribution in [0, 0.1) is 0 Å². The highest BCUT2D eigenvalue weighted by Gasteiger charge is 2.02. The average Bonchev–Trinajstić information content (AvgIpc) is 2.18. The largest absolute Gasteiger partial charge is 0.392 e. The third-order valence-corrected chi connectivity index (χ3v) is 1.74. The first-order valence-electron chi connectivity index (χ1n) is 4.26. The molecule has 0 bridgehead atoms. The predicted octanol–water partition coefficient (Wildman–Crippen LogP) is 0.929. The van der Waals surface area contributed by atoms with Gasteiger partial charge in [-0.1, -0.05) is 12.1 Å². The zero-order chi connectivity index (χ0) is 9.68. The molecule has 0 atom stereocenters. The average molecular weight is 179 g/mol. The second kappa shape index (κ2) is 4.62. The van der Waals surface area contributed by atoms with Gasteiger partial charge in [-0.3, -0.25) is 4.79 Å². The maximum atomic E-state index is 11.3. The van der Waals surface area contributed by atoms with E-state index in [-0.39, 0.29) is 12.5 Å². The molecule has 1 aromatic rings. The quantitative estimate of drug-likeness (QED) is 0.725. The van der Waals surface area contributed by atoms with Crippen LogP contribution in [0.4, 0.5) is 0 Å². The topological polar surface area (TPSA) is 49.3 Å². The number of amides is 1. The van der Waals surface area contributed by atoms with Crippen LogP contribution in [0.5, 0.6) is 0 Å². The monoisotopic (exact) mass is 179 g/mol. The molecule has 2 N–H and O–H groups in total. The highest BCUT2D eigenvalue weighted by Crippen LogP contribution is 2.03. The van der Waals surface area contributed by atoms with Gasteiger partial charge in [-0.2, -0.15) is 0 Å². The van der Waals surface area contributed by atoms with Crippen molar-refractivity contribution in [1.82, 2.24) is 5.32 Å². The van der Waals surface area contributed by atoms with Crippen LogP contribution in [-0.4, -0.2) is 17.6 Å². The molecule has 1 amide bonds. The second-order valence-electron chi connectivity index (χ2n) is 2.71. The standard InChI is InChI=1S/C10H13NO2/c1-2-11-10(13)9-5-3-8(7-12)4-6-9/h3-6,12H,2,7H2,1H3,(H,11,13). The van der Waals surface area contributed by atoms with Gasteiger partial charge in [0.05, 0.1) is 6.61 Å². The first-order chi connectivity index (χ1) is 6.27. The molecule has 0 radical (unpaired) electrons. The van der Waals surface area contributed by atoms with E-state index in [1.54, 1.807) is 24.3 Å². The van der Waals surface area contributed by atoms with E-state index in [2.05, 4.69) is 5.32 Å². The molecule has 3 heteroatoms. The van der Waals surface area contributed by atoms with Crippen LogP contribution >= 0.6 is 0 Å². The lowest BCUT2D eigenvalue weighted by molar-refractivity contribution is 0.0955. The molecule has 0 saturated carbocycles. The number of hydrogen-bond acceptors (Lipinski definition) is 2. The summed E-state index contributed by atoms with van der Waals surface area (Å²) in [5.41, 5.74) is 1.44. The van der Waals surface area contributed by atoms with Crippen molar-refractivity contribution in [3.8, 4) is 0 Å². The maximum absolute atomic E-state index is 11.3. The fraction of sp³-hybridized carbons (Fsp3) is 0.300. The summed E-state index contributed by atoms with van der Waals surface area (Å²) < 4.78 is 0. The van der Waals surface area contributed by atoms with Gasteiger partial charge in [-0.05, 0) is 24.6 Å². The molecule has 13 heavy (non-hydrogen) atoms. The van der Waals surface area contributed by atoms with E-state index < -0.39 is 0 Å². The van der Waals surface area contributed by atoms with Gasteiger partial charge in [0.25, 0.3) is 5.91 Å². The van der Waals surface area contributed by atoms with Gasteiger partial charge in [0, 0.05) is 12.1 Å². The number of carbonyl (C=O) groups is 1. The summed E-state index contributed by atoms with van der Waals surface area (Å²) in [6.45, 7) is 2.51. The lowest BCUT2D eigenvalue weighted by Gasteiger charge is -2.02. The highest BCUT2D eigenvalue weighted by molar-refractivity contribution is 5.94. The van der Waals surface area contributed by atoms with E-state index in [9.17, 15) is 4.79 Å². The number of aliphatic hydroxyl groups excluding tert-OH is 1. The molecule has 0 spiro atoms. The van der Waals surface area contributed by atoms with Crippen LogP contribution < -0.4 is 5.32 Å². The molecule has 0 aliphatic carbocycles. The smallest absolute Gasteiger partial charge is 0.251 e. The van der Waals surface area contributed by atoms with Crippen molar-refractivity contribution in [1.29, 1.82) is 0 Å².